The first-order chi connectivity index (χ1) is 12.4. The van der Waals surface area contributed by atoms with Gasteiger partial charge in [-0.15, -0.1) is 5.10 Å². The van der Waals surface area contributed by atoms with Gasteiger partial charge in [0.05, 0.1) is 26.5 Å². The molecule has 0 spiro atoms. The predicted molar refractivity (Wildman–Crippen MR) is 108 cm³/mol. The molecule has 2 N–H and O–H groups in total. The van der Waals surface area contributed by atoms with Crippen molar-refractivity contribution in [3.8, 4) is 11.4 Å². The largest absolute Gasteiger partial charge is 0.324 e. The van der Waals surface area contributed by atoms with E-state index in [1.807, 2.05) is 12.1 Å². The zero-order valence-electron chi connectivity index (χ0n) is 12.9. The van der Waals surface area contributed by atoms with Crippen molar-refractivity contribution in [3.63, 3.8) is 0 Å². The molecule has 0 saturated carbocycles. The minimum absolute atomic E-state index is 0.106. The first kappa shape index (κ1) is 19.3. The fourth-order valence-electron chi connectivity index (χ4n) is 1.98. The van der Waals surface area contributed by atoms with Crippen molar-refractivity contribution < 1.29 is 4.79 Å². The fourth-order valence-corrected chi connectivity index (χ4v) is 3.30. The number of amides is 1. The van der Waals surface area contributed by atoms with E-state index < -0.39 is 0 Å². The van der Waals surface area contributed by atoms with E-state index in [1.165, 1.54) is 23.9 Å². The van der Waals surface area contributed by atoms with Crippen molar-refractivity contribution in [3.05, 3.63) is 56.5 Å². The van der Waals surface area contributed by atoms with Crippen LogP contribution in [-0.4, -0.2) is 26.8 Å². The Morgan fingerprint density at radius 3 is 2.46 bits per heavy atom. The SMILES string of the molecule is O=C(CSc1n[nH]c(-c2ccc(Cl)cc2)n1)Nc1cc(Cl)c(Cl)cc1Cl. The first-order valence-electron chi connectivity index (χ1n) is 7.18. The Balaban J connectivity index is 1.60. The average Bonchev–Trinajstić information content (AvgIpc) is 3.07. The van der Waals surface area contributed by atoms with E-state index in [4.69, 9.17) is 46.4 Å². The maximum absolute atomic E-state index is 12.1. The van der Waals surface area contributed by atoms with Crippen LogP contribution in [0.3, 0.4) is 0 Å². The number of nitrogens with zero attached hydrogens (tertiary/aromatic N) is 2. The summed E-state index contributed by atoms with van der Waals surface area (Å²) in [6, 6.07) is 10.2. The van der Waals surface area contributed by atoms with E-state index in [-0.39, 0.29) is 11.7 Å². The lowest BCUT2D eigenvalue weighted by molar-refractivity contribution is -0.113. The molecular formula is C16H10Cl4N4OS. The number of hydrogen-bond donors (Lipinski definition) is 2. The third-order valence-corrected chi connectivity index (χ3v) is 5.33. The molecule has 1 amide bonds. The maximum atomic E-state index is 12.1. The van der Waals surface area contributed by atoms with Gasteiger partial charge in [-0.3, -0.25) is 9.89 Å². The molecule has 1 aromatic heterocycles. The quantitative estimate of drug-likeness (QED) is 0.382. The Morgan fingerprint density at radius 1 is 1.04 bits per heavy atom. The van der Waals surface area contributed by atoms with E-state index in [0.717, 1.165) is 5.56 Å². The van der Waals surface area contributed by atoms with Crippen molar-refractivity contribution >= 4 is 69.8 Å². The van der Waals surface area contributed by atoms with Gasteiger partial charge in [-0.25, -0.2) is 4.98 Å². The number of carbonyl (C=O) groups is 1. The maximum Gasteiger partial charge on any atom is 0.234 e. The summed E-state index contributed by atoms with van der Waals surface area (Å²) in [6.45, 7) is 0. The molecule has 0 saturated heterocycles. The van der Waals surface area contributed by atoms with Gasteiger partial charge < -0.3 is 5.32 Å². The lowest BCUT2D eigenvalue weighted by Crippen LogP contribution is -2.14. The summed E-state index contributed by atoms with van der Waals surface area (Å²) >= 11 is 24.9. The number of nitrogens with one attached hydrogen (secondary N) is 2. The van der Waals surface area contributed by atoms with Gasteiger partial charge in [-0.05, 0) is 36.4 Å². The average molecular weight is 448 g/mol. The van der Waals surface area contributed by atoms with Crippen LogP contribution in [0.4, 0.5) is 5.69 Å². The van der Waals surface area contributed by atoms with E-state index >= 15 is 0 Å². The highest BCUT2D eigenvalue weighted by atomic mass is 35.5. The van der Waals surface area contributed by atoms with Crippen molar-refractivity contribution in [2.45, 2.75) is 5.16 Å². The second kappa shape index (κ2) is 8.50. The van der Waals surface area contributed by atoms with Gasteiger partial charge >= 0.3 is 0 Å². The van der Waals surface area contributed by atoms with Crippen LogP contribution < -0.4 is 5.32 Å². The molecular weight excluding hydrogens is 438 g/mol. The highest BCUT2D eigenvalue weighted by Crippen LogP contribution is 2.32. The second-order valence-corrected chi connectivity index (χ2v) is 7.66. The minimum atomic E-state index is -0.270. The summed E-state index contributed by atoms with van der Waals surface area (Å²) in [5.74, 6) is 0.430. The molecule has 134 valence electrons. The zero-order valence-corrected chi connectivity index (χ0v) is 16.7. The molecule has 2 aromatic carbocycles. The normalized spacial score (nSPS) is 10.8. The number of halogens is 4. The van der Waals surface area contributed by atoms with E-state index in [0.29, 0.717) is 36.8 Å². The Hall–Kier alpha value is -1.44. The molecule has 0 atom stereocenters. The third kappa shape index (κ3) is 4.84. The smallest absolute Gasteiger partial charge is 0.234 e. The number of hydrogen-bond acceptors (Lipinski definition) is 4. The third-order valence-electron chi connectivity index (χ3n) is 3.20. The van der Waals surface area contributed by atoms with E-state index in [2.05, 4.69) is 20.5 Å². The predicted octanol–water partition coefficient (Wildman–Crippen LogP) is 5.82. The van der Waals surface area contributed by atoms with E-state index in [9.17, 15) is 4.79 Å². The summed E-state index contributed by atoms with van der Waals surface area (Å²) < 4.78 is 0. The van der Waals surface area contributed by atoms with Crippen molar-refractivity contribution in [1.82, 2.24) is 15.2 Å². The second-order valence-electron chi connectivity index (χ2n) is 5.06. The lowest BCUT2D eigenvalue weighted by Gasteiger charge is -2.08. The molecule has 26 heavy (non-hydrogen) atoms. The van der Waals surface area contributed by atoms with Gasteiger partial charge in [0, 0.05) is 10.6 Å². The minimum Gasteiger partial charge on any atom is -0.324 e. The molecule has 0 aliphatic rings. The fraction of sp³-hybridized carbons (Fsp3) is 0.0625. The number of carbonyl (C=O) groups excluding carboxylic acids is 1. The molecule has 0 radical (unpaired) electrons. The van der Waals surface area contributed by atoms with Gasteiger partial charge in [0.15, 0.2) is 5.82 Å². The van der Waals surface area contributed by atoms with Crippen LogP contribution in [0, 0.1) is 0 Å². The number of H-pyrrole nitrogens is 1. The summed E-state index contributed by atoms with van der Waals surface area (Å²) in [7, 11) is 0. The number of aromatic amines is 1. The van der Waals surface area contributed by atoms with Crippen molar-refractivity contribution in [2.24, 2.45) is 0 Å². The van der Waals surface area contributed by atoms with Crippen molar-refractivity contribution in [1.29, 1.82) is 0 Å². The molecule has 3 aromatic rings. The topological polar surface area (TPSA) is 70.7 Å². The number of aromatic nitrogens is 3. The standard InChI is InChI=1S/C16H10Cl4N4OS/c17-9-3-1-8(2-4-9)15-22-16(24-23-15)26-7-14(25)21-13-6-11(19)10(18)5-12(13)20/h1-6H,7H2,(H,21,25)(H,22,23,24). The molecule has 3 rings (SSSR count). The van der Waals surface area contributed by atoms with E-state index in [1.54, 1.807) is 12.1 Å². The highest BCUT2D eigenvalue weighted by Gasteiger charge is 2.12. The van der Waals surface area contributed by atoms with Crippen LogP contribution >= 0.6 is 58.2 Å². The number of anilines is 1. The molecule has 10 heteroatoms. The molecule has 0 bridgehead atoms. The van der Waals surface area contributed by atoms with Crippen LogP contribution in [0.15, 0.2) is 41.6 Å². The van der Waals surface area contributed by atoms with Crippen LogP contribution in [-0.2, 0) is 4.79 Å². The van der Waals surface area contributed by atoms with Crippen LogP contribution in [0.1, 0.15) is 0 Å². The number of thioether (sulfide) groups is 1. The van der Waals surface area contributed by atoms with Crippen LogP contribution in [0.5, 0.6) is 0 Å². The Kier molecular flexibility index (Phi) is 6.32. The zero-order chi connectivity index (χ0) is 18.7. The van der Waals surface area contributed by atoms with Gasteiger partial charge in [-0.2, -0.15) is 0 Å². The summed E-state index contributed by atoms with van der Waals surface area (Å²) in [4.78, 5) is 16.4. The Bertz CT molecular complexity index is 946. The van der Waals surface area contributed by atoms with Gasteiger partial charge in [0.25, 0.3) is 0 Å². The van der Waals surface area contributed by atoms with Gasteiger partial charge in [-0.1, -0.05) is 58.2 Å². The molecule has 1 heterocycles. The molecule has 0 aliphatic carbocycles. The Labute approximate surface area is 173 Å². The molecule has 0 unspecified atom stereocenters. The Morgan fingerprint density at radius 2 is 1.73 bits per heavy atom. The molecule has 5 nitrogen and oxygen atoms in total. The summed E-state index contributed by atoms with van der Waals surface area (Å²) in [5, 5.41) is 11.6. The summed E-state index contributed by atoms with van der Waals surface area (Å²) in [5.41, 5.74) is 1.24. The molecule has 0 aliphatic heterocycles. The van der Waals surface area contributed by atoms with Crippen LogP contribution in [0.2, 0.25) is 20.1 Å². The number of benzene rings is 2. The monoisotopic (exact) mass is 446 g/mol. The summed E-state index contributed by atoms with van der Waals surface area (Å²) in [6.07, 6.45) is 0. The first-order valence-corrected chi connectivity index (χ1v) is 9.67. The van der Waals surface area contributed by atoms with Crippen molar-refractivity contribution in [2.75, 3.05) is 11.1 Å². The number of rotatable bonds is 5. The lowest BCUT2D eigenvalue weighted by atomic mass is 10.2. The van der Waals surface area contributed by atoms with Gasteiger partial charge in [0.2, 0.25) is 11.1 Å². The van der Waals surface area contributed by atoms with Gasteiger partial charge in [0.1, 0.15) is 0 Å². The van der Waals surface area contributed by atoms with Crippen LogP contribution in [0.25, 0.3) is 11.4 Å². The highest BCUT2D eigenvalue weighted by molar-refractivity contribution is 7.99. The molecule has 0 fully saturated rings.